The molecule has 23 heavy (non-hydrogen) atoms. The van der Waals surface area contributed by atoms with E-state index in [9.17, 15) is 0 Å². The van der Waals surface area contributed by atoms with Gasteiger partial charge in [-0.1, -0.05) is 30.3 Å². The van der Waals surface area contributed by atoms with Crippen molar-refractivity contribution in [1.29, 1.82) is 0 Å². The average Bonchev–Trinajstić information content (AvgIpc) is 2.54. The summed E-state index contributed by atoms with van der Waals surface area (Å²) >= 11 is 0. The summed E-state index contributed by atoms with van der Waals surface area (Å²) in [7, 11) is 3.90. The Bertz CT molecular complexity index is 562. The van der Waals surface area contributed by atoms with E-state index in [1.807, 2.05) is 37.3 Å². The highest BCUT2D eigenvalue weighted by atomic mass is 35.5. The highest BCUT2D eigenvalue weighted by Crippen LogP contribution is 2.08. The molecule has 0 amide bonds. The van der Waals surface area contributed by atoms with E-state index >= 15 is 0 Å². The molecule has 126 valence electrons. The van der Waals surface area contributed by atoms with Crippen molar-refractivity contribution in [3.8, 4) is 0 Å². The van der Waals surface area contributed by atoms with E-state index in [1.165, 1.54) is 5.56 Å². The fourth-order valence-electron chi connectivity index (χ4n) is 2.30. The first-order valence-electron chi connectivity index (χ1n) is 7.64. The molecule has 1 aromatic heterocycles. The summed E-state index contributed by atoms with van der Waals surface area (Å²) in [6.45, 7) is 3.30. The Morgan fingerprint density at radius 3 is 2.43 bits per heavy atom. The number of rotatable bonds is 8. The van der Waals surface area contributed by atoms with Crippen molar-refractivity contribution in [2.75, 3.05) is 38.6 Å². The Kier molecular flexibility index (Phi) is 8.55. The van der Waals surface area contributed by atoms with E-state index in [2.05, 4.69) is 39.1 Å². The second-order valence-electron chi connectivity index (χ2n) is 5.54. The molecule has 0 aliphatic heterocycles. The fraction of sp³-hybridized carbons (Fsp3) is 0.412. The lowest BCUT2D eigenvalue weighted by Gasteiger charge is -2.21. The maximum Gasteiger partial charge on any atom is 0.225 e. The molecule has 2 aromatic rings. The zero-order valence-electron chi connectivity index (χ0n) is 13.9. The molecule has 0 saturated heterocycles. The minimum Gasteiger partial charge on any atom is -0.347 e. The van der Waals surface area contributed by atoms with Gasteiger partial charge in [0, 0.05) is 46.5 Å². The molecule has 6 heteroatoms. The van der Waals surface area contributed by atoms with Crippen LogP contribution in [0.5, 0.6) is 0 Å². The molecule has 0 unspecified atom stereocenters. The highest BCUT2D eigenvalue weighted by Gasteiger charge is 2.08. The molecule has 5 nitrogen and oxygen atoms in total. The van der Waals surface area contributed by atoms with Gasteiger partial charge in [0.2, 0.25) is 5.95 Å². The van der Waals surface area contributed by atoms with Crippen molar-refractivity contribution in [3.63, 3.8) is 0 Å². The number of nitrogens with two attached hydrogens (primary N) is 1. The van der Waals surface area contributed by atoms with Gasteiger partial charge < -0.3 is 10.6 Å². The predicted octanol–water partition coefficient (Wildman–Crippen LogP) is 1.97. The van der Waals surface area contributed by atoms with Crippen LogP contribution in [0.2, 0.25) is 0 Å². The zero-order valence-corrected chi connectivity index (χ0v) is 14.7. The second-order valence-corrected chi connectivity index (χ2v) is 5.54. The SMILES string of the molecule is CN(C)c1nccc(CN(CCN)CCc2ccccc2)n1.Cl. The molecule has 0 atom stereocenters. The van der Waals surface area contributed by atoms with Gasteiger partial charge in [-0.25, -0.2) is 9.97 Å². The monoisotopic (exact) mass is 335 g/mol. The molecule has 0 spiro atoms. The Morgan fingerprint density at radius 1 is 1.04 bits per heavy atom. The Labute approximate surface area is 144 Å². The topological polar surface area (TPSA) is 58.3 Å². The number of halogens is 1. The van der Waals surface area contributed by atoms with Gasteiger partial charge in [-0.15, -0.1) is 12.4 Å². The largest absolute Gasteiger partial charge is 0.347 e. The van der Waals surface area contributed by atoms with Gasteiger partial charge in [0.1, 0.15) is 0 Å². The standard InChI is InChI=1S/C17H25N5.ClH/c1-21(2)17-19-11-8-16(20-17)14-22(13-10-18)12-9-15-6-4-3-5-7-15;/h3-8,11H,9-10,12-14,18H2,1-2H3;1H. The van der Waals surface area contributed by atoms with Crippen LogP contribution in [0.15, 0.2) is 42.6 Å². The Hall–Kier alpha value is -1.69. The molecular formula is C17H26ClN5. The average molecular weight is 336 g/mol. The molecule has 1 aromatic carbocycles. The normalized spacial score (nSPS) is 10.4. The molecule has 0 fully saturated rings. The summed E-state index contributed by atoms with van der Waals surface area (Å²) < 4.78 is 0. The van der Waals surface area contributed by atoms with E-state index in [4.69, 9.17) is 5.73 Å². The van der Waals surface area contributed by atoms with Crippen molar-refractivity contribution in [2.24, 2.45) is 5.73 Å². The van der Waals surface area contributed by atoms with Gasteiger partial charge in [0.15, 0.2) is 0 Å². The lowest BCUT2D eigenvalue weighted by atomic mass is 10.1. The van der Waals surface area contributed by atoms with E-state index in [0.717, 1.165) is 37.7 Å². The van der Waals surface area contributed by atoms with E-state index < -0.39 is 0 Å². The predicted molar refractivity (Wildman–Crippen MR) is 98.1 cm³/mol. The first-order chi connectivity index (χ1) is 10.7. The van der Waals surface area contributed by atoms with Crippen molar-refractivity contribution < 1.29 is 0 Å². The number of aromatic nitrogens is 2. The molecule has 0 radical (unpaired) electrons. The van der Waals surface area contributed by atoms with Crippen LogP contribution in [0.3, 0.4) is 0 Å². The molecule has 1 heterocycles. The maximum absolute atomic E-state index is 5.75. The third-order valence-electron chi connectivity index (χ3n) is 3.49. The van der Waals surface area contributed by atoms with E-state index in [0.29, 0.717) is 6.54 Å². The summed E-state index contributed by atoms with van der Waals surface area (Å²) in [6, 6.07) is 12.5. The van der Waals surface area contributed by atoms with Crippen LogP contribution in [0.1, 0.15) is 11.3 Å². The summed E-state index contributed by atoms with van der Waals surface area (Å²) in [5, 5.41) is 0. The van der Waals surface area contributed by atoms with Gasteiger partial charge in [-0.05, 0) is 18.1 Å². The smallest absolute Gasteiger partial charge is 0.225 e. The summed E-state index contributed by atoms with van der Waals surface area (Å²) in [4.78, 5) is 13.1. The summed E-state index contributed by atoms with van der Waals surface area (Å²) in [6.07, 6.45) is 2.84. The van der Waals surface area contributed by atoms with Gasteiger partial charge in [-0.2, -0.15) is 0 Å². The molecule has 0 bridgehead atoms. The van der Waals surface area contributed by atoms with Gasteiger partial charge >= 0.3 is 0 Å². The van der Waals surface area contributed by atoms with Crippen molar-refractivity contribution in [2.45, 2.75) is 13.0 Å². The quantitative estimate of drug-likeness (QED) is 0.799. The number of benzene rings is 1. The van der Waals surface area contributed by atoms with E-state index in [1.54, 1.807) is 0 Å². The minimum absolute atomic E-state index is 0. The number of hydrogen-bond acceptors (Lipinski definition) is 5. The third-order valence-corrected chi connectivity index (χ3v) is 3.49. The van der Waals surface area contributed by atoms with Crippen LogP contribution >= 0.6 is 12.4 Å². The first kappa shape index (κ1) is 19.4. The van der Waals surface area contributed by atoms with Crippen LogP contribution in [-0.4, -0.2) is 48.6 Å². The summed E-state index contributed by atoms with van der Waals surface area (Å²) in [5.41, 5.74) is 8.12. The van der Waals surface area contributed by atoms with Gasteiger partial charge in [-0.3, -0.25) is 4.90 Å². The minimum atomic E-state index is 0. The Balaban J connectivity index is 0.00000264. The van der Waals surface area contributed by atoms with Crippen molar-refractivity contribution in [3.05, 3.63) is 53.9 Å². The van der Waals surface area contributed by atoms with Crippen LogP contribution < -0.4 is 10.6 Å². The molecule has 0 aliphatic rings. The van der Waals surface area contributed by atoms with Crippen LogP contribution in [0, 0.1) is 0 Å². The molecule has 0 aliphatic carbocycles. The van der Waals surface area contributed by atoms with Crippen molar-refractivity contribution >= 4 is 18.4 Å². The molecule has 0 saturated carbocycles. The Morgan fingerprint density at radius 2 is 1.78 bits per heavy atom. The molecule has 2 N–H and O–H groups in total. The summed E-state index contributed by atoms with van der Waals surface area (Å²) in [5.74, 6) is 0.744. The second kappa shape index (κ2) is 10.2. The fourth-order valence-corrected chi connectivity index (χ4v) is 2.30. The van der Waals surface area contributed by atoms with Crippen LogP contribution in [-0.2, 0) is 13.0 Å². The van der Waals surface area contributed by atoms with E-state index in [-0.39, 0.29) is 12.4 Å². The van der Waals surface area contributed by atoms with Crippen molar-refractivity contribution in [1.82, 2.24) is 14.9 Å². The maximum atomic E-state index is 5.75. The highest BCUT2D eigenvalue weighted by molar-refractivity contribution is 5.85. The number of anilines is 1. The lowest BCUT2D eigenvalue weighted by Crippen LogP contribution is -2.31. The van der Waals surface area contributed by atoms with Gasteiger partial charge in [0.05, 0.1) is 5.69 Å². The molecular weight excluding hydrogens is 310 g/mol. The first-order valence-corrected chi connectivity index (χ1v) is 7.64. The molecule has 2 rings (SSSR count). The number of nitrogens with zero attached hydrogens (tertiary/aromatic N) is 4. The number of hydrogen-bond donors (Lipinski definition) is 1. The van der Waals surface area contributed by atoms with Crippen LogP contribution in [0.25, 0.3) is 0 Å². The lowest BCUT2D eigenvalue weighted by molar-refractivity contribution is 0.273. The van der Waals surface area contributed by atoms with Gasteiger partial charge in [0.25, 0.3) is 0 Å². The third kappa shape index (κ3) is 6.52. The van der Waals surface area contributed by atoms with Crippen LogP contribution in [0.4, 0.5) is 5.95 Å². The zero-order chi connectivity index (χ0) is 15.8.